The smallest absolute Gasteiger partial charge is 0.0426 e. The second kappa shape index (κ2) is 5.03. The maximum absolute atomic E-state index is 3.58. The summed E-state index contributed by atoms with van der Waals surface area (Å²) >= 11 is 0. The van der Waals surface area contributed by atoms with Gasteiger partial charge in [-0.1, -0.05) is 54.1 Å². The van der Waals surface area contributed by atoms with Gasteiger partial charge in [0.05, 0.1) is 0 Å². The molecule has 0 aromatic heterocycles. The Hall–Kier alpha value is -2.54. The van der Waals surface area contributed by atoms with Crippen molar-refractivity contribution in [1.29, 1.82) is 0 Å². The summed E-state index contributed by atoms with van der Waals surface area (Å²) in [5, 5.41) is 3.58. The van der Waals surface area contributed by atoms with Crippen LogP contribution in [0.5, 0.6) is 0 Å². The topological polar surface area (TPSA) is 12.0 Å². The summed E-state index contributed by atoms with van der Waals surface area (Å²) in [5.41, 5.74) is 10.6. The molecule has 3 aromatic carbocycles. The number of anilines is 2. The molecule has 0 spiro atoms. The Morgan fingerprint density at radius 2 is 1.59 bits per heavy atom. The largest absolute Gasteiger partial charge is 0.355 e. The van der Waals surface area contributed by atoms with Gasteiger partial charge in [-0.25, -0.2) is 0 Å². The summed E-state index contributed by atoms with van der Waals surface area (Å²) in [6, 6.07) is 21.9. The maximum atomic E-state index is 3.58. The molecule has 1 heteroatoms. The van der Waals surface area contributed by atoms with Gasteiger partial charge in [-0.2, -0.15) is 0 Å². The first kappa shape index (κ1) is 13.1. The lowest BCUT2D eigenvalue weighted by Gasteiger charge is -2.24. The third kappa shape index (κ3) is 2.10. The molecule has 0 aliphatic carbocycles. The van der Waals surface area contributed by atoms with E-state index in [9.17, 15) is 0 Å². The highest BCUT2D eigenvalue weighted by atomic mass is 14.9. The van der Waals surface area contributed by atoms with Gasteiger partial charge in [0.1, 0.15) is 0 Å². The van der Waals surface area contributed by atoms with E-state index in [2.05, 4.69) is 79.8 Å². The fourth-order valence-electron chi connectivity index (χ4n) is 3.39. The fourth-order valence-corrected chi connectivity index (χ4v) is 3.39. The van der Waals surface area contributed by atoms with Gasteiger partial charge in [0.25, 0.3) is 0 Å². The summed E-state index contributed by atoms with van der Waals surface area (Å²) < 4.78 is 0. The molecule has 0 amide bonds. The van der Waals surface area contributed by atoms with E-state index in [1.807, 2.05) is 0 Å². The molecule has 0 fully saturated rings. The van der Waals surface area contributed by atoms with E-state index in [-0.39, 0.29) is 0 Å². The first-order chi connectivity index (χ1) is 10.7. The molecular formula is C21H19N. The van der Waals surface area contributed by atoms with Crippen molar-refractivity contribution in [3.8, 4) is 11.1 Å². The minimum absolute atomic E-state index is 0.988. The average Bonchev–Trinajstić information content (AvgIpc) is 2.53. The van der Waals surface area contributed by atoms with Crippen LogP contribution in [-0.2, 0) is 6.42 Å². The molecule has 0 saturated heterocycles. The van der Waals surface area contributed by atoms with Crippen molar-refractivity contribution in [1.82, 2.24) is 0 Å². The molecule has 108 valence electrons. The lowest BCUT2D eigenvalue weighted by molar-refractivity contribution is 1.16. The number of nitrogens with one attached hydrogen (secondary N) is 1. The summed E-state index contributed by atoms with van der Waals surface area (Å²) in [6.45, 7) is 4.35. The standard InChI is InChI=1S/C21H19N/c1-14-10-11-17(15(2)12-14)18-7-5-9-21-19(18)13-16-6-3-4-8-20(16)22-21/h3-12,22H,13H2,1-2H3. The fraction of sp³-hybridized carbons (Fsp3) is 0.143. The molecule has 4 rings (SSSR count). The molecule has 0 atom stereocenters. The first-order valence-electron chi connectivity index (χ1n) is 7.77. The van der Waals surface area contributed by atoms with E-state index in [1.54, 1.807) is 0 Å². The van der Waals surface area contributed by atoms with Gasteiger partial charge in [0, 0.05) is 17.8 Å². The van der Waals surface area contributed by atoms with Crippen LogP contribution in [0, 0.1) is 13.8 Å². The van der Waals surface area contributed by atoms with Gasteiger partial charge in [0.15, 0.2) is 0 Å². The van der Waals surface area contributed by atoms with Gasteiger partial charge < -0.3 is 5.32 Å². The van der Waals surface area contributed by atoms with Crippen LogP contribution in [-0.4, -0.2) is 0 Å². The van der Waals surface area contributed by atoms with E-state index < -0.39 is 0 Å². The third-order valence-electron chi connectivity index (χ3n) is 4.50. The van der Waals surface area contributed by atoms with Crippen molar-refractivity contribution in [3.63, 3.8) is 0 Å². The summed E-state index contributed by atoms with van der Waals surface area (Å²) in [4.78, 5) is 0. The number of hydrogen-bond donors (Lipinski definition) is 1. The Morgan fingerprint density at radius 3 is 2.45 bits per heavy atom. The molecule has 1 nitrogen and oxygen atoms in total. The van der Waals surface area contributed by atoms with Crippen LogP contribution in [0.15, 0.2) is 60.7 Å². The zero-order valence-electron chi connectivity index (χ0n) is 13.0. The minimum Gasteiger partial charge on any atom is -0.355 e. The number of para-hydroxylation sites is 1. The second-order valence-electron chi connectivity index (χ2n) is 6.11. The van der Waals surface area contributed by atoms with Crippen LogP contribution in [0.4, 0.5) is 11.4 Å². The number of hydrogen-bond acceptors (Lipinski definition) is 1. The first-order valence-corrected chi connectivity index (χ1v) is 7.77. The van der Waals surface area contributed by atoms with Crippen LogP contribution in [0.2, 0.25) is 0 Å². The summed E-state index contributed by atoms with van der Waals surface area (Å²) in [5.74, 6) is 0. The Morgan fingerprint density at radius 1 is 0.773 bits per heavy atom. The van der Waals surface area contributed by atoms with Gasteiger partial charge >= 0.3 is 0 Å². The van der Waals surface area contributed by atoms with Gasteiger partial charge in [0.2, 0.25) is 0 Å². The number of rotatable bonds is 1. The molecule has 0 bridgehead atoms. The third-order valence-corrected chi connectivity index (χ3v) is 4.50. The molecular weight excluding hydrogens is 266 g/mol. The molecule has 22 heavy (non-hydrogen) atoms. The molecule has 1 heterocycles. The lowest BCUT2D eigenvalue weighted by Crippen LogP contribution is -2.08. The van der Waals surface area contributed by atoms with Crippen LogP contribution >= 0.6 is 0 Å². The Kier molecular flexibility index (Phi) is 3.00. The van der Waals surface area contributed by atoms with Crippen LogP contribution in [0.1, 0.15) is 22.3 Å². The predicted molar refractivity (Wildman–Crippen MR) is 93.9 cm³/mol. The lowest BCUT2D eigenvalue weighted by atomic mass is 9.88. The molecule has 0 saturated carbocycles. The van der Waals surface area contributed by atoms with E-state index >= 15 is 0 Å². The zero-order chi connectivity index (χ0) is 15.1. The monoisotopic (exact) mass is 285 g/mol. The van der Waals surface area contributed by atoms with Crippen molar-refractivity contribution >= 4 is 11.4 Å². The van der Waals surface area contributed by atoms with Crippen LogP contribution in [0.3, 0.4) is 0 Å². The average molecular weight is 285 g/mol. The van der Waals surface area contributed by atoms with Crippen molar-refractivity contribution in [2.45, 2.75) is 20.3 Å². The van der Waals surface area contributed by atoms with Crippen LogP contribution < -0.4 is 5.32 Å². The Bertz CT molecular complexity index is 862. The second-order valence-corrected chi connectivity index (χ2v) is 6.11. The normalized spacial score (nSPS) is 12.3. The summed E-state index contributed by atoms with van der Waals surface area (Å²) in [6.07, 6.45) is 0.988. The molecule has 1 N–H and O–H groups in total. The van der Waals surface area contributed by atoms with E-state index in [0.717, 1.165) is 6.42 Å². The Balaban J connectivity index is 1.87. The number of aryl methyl sites for hydroxylation is 2. The summed E-state index contributed by atoms with van der Waals surface area (Å²) in [7, 11) is 0. The van der Waals surface area contributed by atoms with E-state index in [4.69, 9.17) is 0 Å². The maximum Gasteiger partial charge on any atom is 0.0426 e. The van der Waals surface area contributed by atoms with Crippen molar-refractivity contribution in [2.24, 2.45) is 0 Å². The molecule has 1 aliphatic heterocycles. The number of fused-ring (bicyclic) bond motifs is 2. The molecule has 1 aliphatic rings. The molecule has 0 unspecified atom stereocenters. The highest BCUT2D eigenvalue weighted by Crippen LogP contribution is 2.39. The number of benzene rings is 3. The molecule has 3 aromatic rings. The zero-order valence-corrected chi connectivity index (χ0v) is 13.0. The van der Waals surface area contributed by atoms with Crippen molar-refractivity contribution < 1.29 is 0 Å². The van der Waals surface area contributed by atoms with E-state index in [1.165, 1.54) is 44.8 Å². The van der Waals surface area contributed by atoms with Gasteiger partial charge in [-0.05, 0) is 53.8 Å². The minimum atomic E-state index is 0.988. The SMILES string of the molecule is Cc1ccc(-c2cccc3c2Cc2ccccc2N3)c(C)c1. The predicted octanol–water partition coefficient (Wildman–Crippen LogP) is 5.62. The van der Waals surface area contributed by atoms with Crippen molar-refractivity contribution in [3.05, 3.63) is 82.9 Å². The van der Waals surface area contributed by atoms with Gasteiger partial charge in [-0.15, -0.1) is 0 Å². The quantitative estimate of drug-likeness (QED) is 0.478. The Labute approximate surface area is 131 Å². The highest BCUT2D eigenvalue weighted by molar-refractivity contribution is 5.82. The van der Waals surface area contributed by atoms with E-state index in [0.29, 0.717) is 0 Å². The van der Waals surface area contributed by atoms with Gasteiger partial charge in [-0.3, -0.25) is 0 Å². The van der Waals surface area contributed by atoms with Crippen molar-refractivity contribution in [2.75, 3.05) is 5.32 Å². The van der Waals surface area contributed by atoms with Crippen LogP contribution in [0.25, 0.3) is 11.1 Å². The highest BCUT2D eigenvalue weighted by Gasteiger charge is 2.18. The molecule has 0 radical (unpaired) electrons.